The zero-order chi connectivity index (χ0) is 10.1. The van der Waals surface area contributed by atoms with E-state index in [1.165, 1.54) is 19.3 Å². The van der Waals surface area contributed by atoms with E-state index in [9.17, 15) is 4.79 Å². The fourth-order valence-corrected chi connectivity index (χ4v) is 3.09. The second-order valence-electron chi connectivity index (χ2n) is 4.25. The lowest BCUT2D eigenvalue weighted by molar-refractivity contribution is -0.151. The summed E-state index contributed by atoms with van der Waals surface area (Å²) in [4.78, 5) is 14.1. The maximum Gasteiger partial charge on any atom is 0.323 e. The number of fused-ring (bicyclic) bond motifs is 2. The molecule has 0 N–H and O–H groups in total. The highest BCUT2D eigenvalue weighted by Gasteiger charge is 2.48. The number of carbonyl (C=O) groups excluding carboxylic acids is 1. The van der Waals surface area contributed by atoms with E-state index in [1.54, 1.807) is 0 Å². The molecule has 14 heavy (non-hydrogen) atoms. The monoisotopic (exact) mass is 197 g/mol. The lowest BCUT2D eigenvalue weighted by atomic mass is 9.99. The number of esters is 1. The third kappa shape index (κ3) is 1.44. The van der Waals surface area contributed by atoms with Crippen LogP contribution in [0.15, 0.2) is 0 Å². The highest BCUT2D eigenvalue weighted by molar-refractivity contribution is 5.77. The number of likely N-dealkylation sites (tertiary alicyclic amines) is 1. The summed E-state index contributed by atoms with van der Waals surface area (Å²) in [6.45, 7) is 5.49. The van der Waals surface area contributed by atoms with Gasteiger partial charge in [0.25, 0.3) is 0 Å². The van der Waals surface area contributed by atoms with Gasteiger partial charge in [-0.05, 0) is 38.6 Å². The van der Waals surface area contributed by atoms with Gasteiger partial charge in [-0.15, -0.1) is 0 Å². The minimum absolute atomic E-state index is 0.00144. The van der Waals surface area contributed by atoms with Gasteiger partial charge in [0.2, 0.25) is 0 Å². The fourth-order valence-electron chi connectivity index (χ4n) is 3.09. The van der Waals surface area contributed by atoms with Gasteiger partial charge < -0.3 is 4.74 Å². The summed E-state index contributed by atoms with van der Waals surface area (Å²) >= 11 is 0. The van der Waals surface area contributed by atoms with Crippen molar-refractivity contribution < 1.29 is 9.53 Å². The first-order valence-electron chi connectivity index (χ1n) is 5.70. The molecule has 1 aliphatic carbocycles. The molecule has 1 heterocycles. The first-order chi connectivity index (χ1) is 6.77. The molecule has 80 valence electrons. The zero-order valence-corrected chi connectivity index (χ0v) is 9.03. The van der Waals surface area contributed by atoms with Crippen molar-refractivity contribution in [1.82, 2.24) is 4.90 Å². The molecule has 0 spiro atoms. The standard InChI is InChI=1S/C11H19NO2/c1-3-12-9-6-5-8(7-9)10(12)11(13)14-4-2/h8-10H,3-7H2,1-2H3/t8-,9+,10-/m1/s1. The number of nitrogens with zero attached hydrogens (tertiary/aromatic N) is 1. The molecule has 0 aromatic heterocycles. The number of ether oxygens (including phenoxy) is 1. The van der Waals surface area contributed by atoms with E-state index in [0.29, 0.717) is 18.6 Å². The Morgan fingerprint density at radius 2 is 2.21 bits per heavy atom. The first-order valence-corrected chi connectivity index (χ1v) is 5.70. The predicted molar refractivity (Wildman–Crippen MR) is 53.9 cm³/mol. The lowest BCUT2D eigenvalue weighted by Crippen LogP contribution is -2.46. The van der Waals surface area contributed by atoms with Crippen molar-refractivity contribution in [3.8, 4) is 0 Å². The maximum atomic E-state index is 11.7. The average molecular weight is 197 g/mol. The smallest absolute Gasteiger partial charge is 0.323 e. The fraction of sp³-hybridized carbons (Fsp3) is 0.909. The van der Waals surface area contributed by atoms with Crippen LogP contribution in [-0.2, 0) is 9.53 Å². The molecule has 0 aromatic rings. The molecule has 2 bridgehead atoms. The van der Waals surface area contributed by atoms with Crippen LogP contribution in [0.4, 0.5) is 0 Å². The SMILES string of the molecule is CCOC(=O)[C@H]1[C@@H]2CC[C@@H](C2)N1CC. The van der Waals surface area contributed by atoms with E-state index in [1.807, 2.05) is 6.92 Å². The normalized spacial score (nSPS) is 36.3. The van der Waals surface area contributed by atoms with E-state index in [0.717, 1.165) is 6.54 Å². The van der Waals surface area contributed by atoms with E-state index in [-0.39, 0.29) is 12.0 Å². The average Bonchev–Trinajstić information content (AvgIpc) is 2.76. The van der Waals surface area contributed by atoms with Gasteiger partial charge >= 0.3 is 5.97 Å². The van der Waals surface area contributed by atoms with Crippen molar-refractivity contribution in [2.75, 3.05) is 13.2 Å². The quantitative estimate of drug-likeness (QED) is 0.641. The largest absolute Gasteiger partial charge is 0.465 e. The van der Waals surface area contributed by atoms with Crippen LogP contribution >= 0.6 is 0 Å². The van der Waals surface area contributed by atoms with Gasteiger partial charge in [0.05, 0.1) is 6.61 Å². The molecule has 2 rings (SSSR count). The predicted octanol–water partition coefficient (Wildman–Crippen LogP) is 1.42. The van der Waals surface area contributed by atoms with Gasteiger partial charge in [-0.3, -0.25) is 9.69 Å². The molecular weight excluding hydrogens is 178 g/mol. The molecule has 2 fully saturated rings. The van der Waals surface area contributed by atoms with Crippen molar-refractivity contribution in [3.05, 3.63) is 0 Å². The highest BCUT2D eigenvalue weighted by atomic mass is 16.5. The molecule has 2 aliphatic rings. The second-order valence-corrected chi connectivity index (χ2v) is 4.25. The molecule has 0 aromatic carbocycles. The minimum Gasteiger partial charge on any atom is -0.465 e. The van der Waals surface area contributed by atoms with Crippen molar-refractivity contribution >= 4 is 5.97 Å². The van der Waals surface area contributed by atoms with Crippen LogP contribution in [0.25, 0.3) is 0 Å². The van der Waals surface area contributed by atoms with Gasteiger partial charge in [-0.1, -0.05) is 6.92 Å². The molecule has 3 nitrogen and oxygen atoms in total. The summed E-state index contributed by atoms with van der Waals surface area (Å²) in [6, 6.07) is 0.720. The van der Waals surface area contributed by atoms with E-state index < -0.39 is 0 Å². The Balaban J connectivity index is 2.06. The van der Waals surface area contributed by atoms with Crippen molar-refractivity contribution in [2.45, 2.75) is 45.2 Å². The molecule has 1 aliphatic heterocycles. The molecule has 0 amide bonds. The number of piperidine rings is 1. The number of likely N-dealkylation sites (N-methyl/N-ethyl adjacent to an activating group) is 1. The minimum atomic E-state index is 0.00144. The lowest BCUT2D eigenvalue weighted by Gasteiger charge is -2.32. The zero-order valence-electron chi connectivity index (χ0n) is 9.03. The van der Waals surface area contributed by atoms with Crippen LogP contribution in [0.2, 0.25) is 0 Å². The summed E-state index contributed by atoms with van der Waals surface area (Å²) in [5.74, 6) is 0.570. The Kier molecular flexibility index (Phi) is 2.77. The van der Waals surface area contributed by atoms with Gasteiger partial charge in [0.1, 0.15) is 6.04 Å². The Morgan fingerprint density at radius 1 is 1.43 bits per heavy atom. The maximum absolute atomic E-state index is 11.7. The third-order valence-electron chi connectivity index (χ3n) is 3.61. The van der Waals surface area contributed by atoms with Gasteiger partial charge in [0.15, 0.2) is 0 Å². The summed E-state index contributed by atoms with van der Waals surface area (Å²) in [5.41, 5.74) is 0. The van der Waals surface area contributed by atoms with Crippen molar-refractivity contribution in [1.29, 1.82) is 0 Å². The van der Waals surface area contributed by atoms with Gasteiger partial charge in [-0.25, -0.2) is 0 Å². The Hall–Kier alpha value is -0.570. The summed E-state index contributed by atoms with van der Waals surface area (Å²) in [6.07, 6.45) is 3.69. The number of hydrogen-bond donors (Lipinski definition) is 0. The highest BCUT2D eigenvalue weighted by Crippen LogP contribution is 2.42. The summed E-state index contributed by atoms with van der Waals surface area (Å²) < 4.78 is 5.13. The molecule has 0 radical (unpaired) electrons. The summed E-state index contributed by atoms with van der Waals surface area (Å²) in [7, 11) is 0. The van der Waals surface area contributed by atoms with Crippen LogP contribution in [0.1, 0.15) is 33.1 Å². The molecule has 0 unspecified atom stereocenters. The Labute approximate surface area is 85.4 Å². The molecule has 1 saturated heterocycles. The second kappa shape index (κ2) is 3.89. The van der Waals surface area contributed by atoms with Crippen LogP contribution in [-0.4, -0.2) is 36.1 Å². The Bertz CT molecular complexity index is 229. The number of rotatable bonds is 3. The first kappa shape index (κ1) is 9.97. The summed E-state index contributed by atoms with van der Waals surface area (Å²) in [5, 5.41) is 0. The van der Waals surface area contributed by atoms with Crippen molar-refractivity contribution in [3.63, 3.8) is 0 Å². The van der Waals surface area contributed by atoms with E-state index >= 15 is 0 Å². The molecule has 1 saturated carbocycles. The van der Waals surface area contributed by atoms with Crippen LogP contribution in [0.3, 0.4) is 0 Å². The van der Waals surface area contributed by atoms with E-state index in [4.69, 9.17) is 4.74 Å². The molecule has 3 atom stereocenters. The van der Waals surface area contributed by atoms with Crippen LogP contribution in [0.5, 0.6) is 0 Å². The topological polar surface area (TPSA) is 29.5 Å². The Morgan fingerprint density at radius 3 is 2.86 bits per heavy atom. The third-order valence-corrected chi connectivity index (χ3v) is 3.61. The van der Waals surface area contributed by atoms with Gasteiger partial charge in [0, 0.05) is 6.04 Å². The molecular formula is C11H19NO2. The number of hydrogen-bond acceptors (Lipinski definition) is 3. The van der Waals surface area contributed by atoms with E-state index in [2.05, 4.69) is 11.8 Å². The van der Waals surface area contributed by atoms with Crippen LogP contribution in [0, 0.1) is 5.92 Å². The van der Waals surface area contributed by atoms with Crippen molar-refractivity contribution in [2.24, 2.45) is 5.92 Å². The van der Waals surface area contributed by atoms with Crippen LogP contribution < -0.4 is 0 Å². The number of carbonyl (C=O) groups is 1. The van der Waals surface area contributed by atoms with Gasteiger partial charge in [-0.2, -0.15) is 0 Å². The molecule has 3 heteroatoms.